The van der Waals surface area contributed by atoms with Gasteiger partial charge in [0.15, 0.2) is 0 Å². The summed E-state index contributed by atoms with van der Waals surface area (Å²) in [6, 6.07) is 15.4. The molecule has 0 radical (unpaired) electrons. The summed E-state index contributed by atoms with van der Waals surface area (Å²) in [5.41, 5.74) is 11.9. The zero-order valence-electron chi connectivity index (χ0n) is 13.9. The summed E-state index contributed by atoms with van der Waals surface area (Å²) in [7, 11) is 0. The number of hydrogen-bond acceptors (Lipinski definition) is 2. The van der Waals surface area contributed by atoms with E-state index in [1.54, 1.807) is 6.92 Å². The Hall–Kier alpha value is -2.13. The quantitative estimate of drug-likeness (QED) is 0.939. The Bertz CT molecular complexity index is 704. The molecule has 2 aromatic carbocycles. The van der Waals surface area contributed by atoms with Crippen molar-refractivity contribution >= 4 is 11.6 Å². The molecular weight excluding hydrogens is 284 g/mol. The van der Waals surface area contributed by atoms with Crippen molar-refractivity contribution in [3.63, 3.8) is 0 Å². The van der Waals surface area contributed by atoms with Gasteiger partial charge in [-0.15, -0.1) is 0 Å². The summed E-state index contributed by atoms with van der Waals surface area (Å²) in [6.45, 7) is 4.47. The van der Waals surface area contributed by atoms with Gasteiger partial charge in [0, 0.05) is 25.2 Å². The maximum absolute atomic E-state index is 11.6. The molecule has 0 saturated carbocycles. The van der Waals surface area contributed by atoms with Crippen molar-refractivity contribution in [1.82, 2.24) is 0 Å². The van der Waals surface area contributed by atoms with E-state index in [0.717, 1.165) is 31.5 Å². The molecule has 0 spiro atoms. The zero-order chi connectivity index (χ0) is 16.4. The predicted octanol–water partition coefficient (Wildman–Crippen LogP) is 3.54. The van der Waals surface area contributed by atoms with Gasteiger partial charge in [-0.25, -0.2) is 0 Å². The second kappa shape index (κ2) is 6.55. The molecule has 0 aliphatic carbocycles. The van der Waals surface area contributed by atoms with E-state index < -0.39 is 0 Å². The number of anilines is 1. The molecule has 0 saturated heterocycles. The largest absolute Gasteiger partial charge is 0.328 e. The van der Waals surface area contributed by atoms with Crippen LogP contribution in [0.4, 0.5) is 5.69 Å². The highest BCUT2D eigenvalue weighted by Crippen LogP contribution is 2.32. The van der Waals surface area contributed by atoms with Gasteiger partial charge >= 0.3 is 0 Å². The van der Waals surface area contributed by atoms with Crippen LogP contribution in [0, 0.1) is 0 Å². The van der Waals surface area contributed by atoms with E-state index in [1.165, 1.54) is 22.3 Å². The lowest BCUT2D eigenvalue weighted by molar-refractivity contribution is -0.116. The first kappa shape index (κ1) is 15.8. The van der Waals surface area contributed by atoms with Gasteiger partial charge < -0.3 is 10.6 Å². The minimum absolute atomic E-state index is 0.120. The van der Waals surface area contributed by atoms with Crippen molar-refractivity contribution < 1.29 is 4.79 Å². The molecule has 3 rings (SSSR count). The highest BCUT2D eigenvalue weighted by Gasteiger charge is 2.22. The first-order valence-corrected chi connectivity index (χ1v) is 8.30. The zero-order valence-corrected chi connectivity index (χ0v) is 13.9. The van der Waals surface area contributed by atoms with Crippen LogP contribution in [0.1, 0.15) is 31.4 Å². The van der Waals surface area contributed by atoms with Crippen molar-refractivity contribution in [1.29, 1.82) is 0 Å². The minimum Gasteiger partial charge on any atom is -0.328 e. The summed E-state index contributed by atoms with van der Waals surface area (Å²) in [5, 5.41) is 0. The topological polar surface area (TPSA) is 46.3 Å². The van der Waals surface area contributed by atoms with E-state index in [0.29, 0.717) is 0 Å². The standard InChI is InChI=1S/C20H24N2O/c1-14(21)3-4-16-5-7-17(8-6-16)18-9-10-20-19(13-18)11-12-22(20)15(2)23/h5-10,13-14H,3-4,11-12,21H2,1-2H3. The normalized spacial score (nSPS) is 14.7. The van der Waals surface area contributed by atoms with Gasteiger partial charge in [0.2, 0.25) is 5.91 Å². The average molecular weight is 308 g/mol. The predicted molar refractivity (Wildman–Crippen MR) is 95.6 cm³/mol. The molecule has 1 aliphatic heterocycles. The van der Waals surface area contributed by atoms with Crippen molar-refractivity contribution in [3.05, 3.63) is 53.6 Å². The van der Waals surface area contributed by atoms with Crippen LogP contribution >= 0.6 is 0 Å². The number of rotatable bonds is 4. The first-order chi connectivity index (χ1) is 11.0. The first-order valence-electron chi connectivity index (χ1n) is 8.30. The van der Waals surface area contributed by atoms with E-state index in [4.69, 9.17) is 5.73 Å². The lowest BCUT2D eigenvalue weighted by Gasteiger charge is -2.15. The van der Waals surface area contributed by atoms with E-state index in [1.807, 2.05) is 11.8 Å². The molecule has 1 amide bonds. The van der Waals surface area contributed by atoms with Gasteiger partial charge in [-0.1, -0.05) is 30.3 Å². The summed E-state index contributed by atoms with van der Waals surface area (Å²) in [5.74, 6) is 0.120. The molecule has 0 bridgehead atoms. The maximum atomic E-state index is 11.6. The van der Waals surface area contributed by atoms with Crippen LogP contribution in [0.15, 0.2) is 42.5 Å². The summed E-state index contributed by atoms with van der Waals surface area (Å²) in [6.07, 6.45) is 2.98. The van der Waals surface area contributed by atoms with Gasteiger partial charge in [-0.05, 0) is 60.6 Å². The third-order valence-electron chi connectivity index (χ3n) is 4.53. The second-order valence-electron chi connectivity index (χ2n) is 6.48. The number of nitrogens with two attached hydrogens (primary N) is 1. The summed E-state index contributed by atoms with van der Waals surface area (Å²) in [4.78, 5) is 13.5. The lowest BCUT2D eigenvalue weighted by Crippen LogP contribution is -2.25. The Labute approximate surface area is 138 Å². The molecule has 0 aromatic heterocycles. The van der Waals surface area contributed by atoms with E-state index >= 15 is 0 Å². The molecule has 3 nitrogen and oxygen atoms in total. The molecule has 2 aromatic rings. The molecule has 2 N–H and O–H groups in total. The average Bonchev–Trinajstić information content (AvgIpc) is 2.96. The smallest absolute Gasteiger partial charge is 0.223 e. The molecular formula is C20H24N2O. The van der Waals surface area contributed by atoms with Crippen molar-refractivity contribution in [3.8, 4) is 11.1 Å². The van der Waals surface area contributed by atoms with Crippen LogP contribution in [0.2, 0.25) is 0 Å². The van der Waals surface area contributed by atoms with Gasteiger partial charge in [0.05, 0.1) is 0 Å². The van der Waals surface area contributed by atoms with E-state index in [-0.39, 0.29) is 11.9 Å². The third kappa shape index (κ3) is 3.45. The van der Waals surface area contributed by atoms with Crippen molar-refractivity contribution in [2.24, 2.45) is 5.73 Å². The Morgan fingerprint density at radius 2 is 1.87 bits per heavy atom. The SMILES string of the molecule is CC(=O)N1CCc2cc(-c3ccc(CCC(C)N)cc3)ccc21. The van der Waals surface area contributed by atoms with Crippen molar-refractivity contribution in [2.75, 3.05) is 11.4 Å². The lowest BCUT2D eigenvalue weighted by atomic mass is 9.99. The van der Waals surface area contributed by atoms with Crippen LogP contribution in [-0.2, 0) is 17.6 Å². The van der Waals surface area contributed by atoms with Crippen LogP contribution in [0.5, 0.6) is 0 Å². The number of carbonyl (C=O) groups excluding carboxylic acids is 1. The van der Waals surface area contributed by atoms with Crippen molar-refractivity contribution in [2.45, 2.75) is 39.2 Å². The van der Waals surface area contributed by atoms with Crippen LogP contribution in [0.3, 0.4) is 0 Å². The summed E-state index contributed by atoms with van der Waals surface area (Å²) >= 11 is 0. The van der Waals surface area contributed by atoms with Crippen LogP contribution in [-0.4, -0.2) is 18.5 Å². The number of fused-ring (bicyclic) bond motifs is 1. The Morgan fingerprint density at radius 1 is 1.17 bits per heavy atom. The molecule has 0 fully saturated rings. The molecule has 1 atom stereocenters. The fourth-order valence-corrected chi connectivity index (χ4v) is 3.17. The monoisotopic (exact) mass is 308 g/mol. The molecule has 1 aliphatic rings. The summed E-state index contributed by atoms with van der Waals surface area (Å²) < 4.78 is 0. The number of hydrogen-bond donors (Lipinski definition) is 1. The Kier molecular flexibility index (Phi) is 4.49. The fraction of sp³-hybridized carbons (Fsp3) is 0.350. The number of carbonyl (C=O) groups is 1. The second-order valence-corrected chi connectivity index (χ2v) is 6.48. The van der Waals surface area contributed by atoms with Crippen LogP contribution < -0.4 is 10.6 Å². The Balaban J connectivity index is 1.79. The molecule has 3 heteroatoms. The molecule has 120 valence electrons. The van der Waals surface area contributed by atoms with E-state index in [9.17, 15) is 4.79 Å². The number of nitrogens with zero attached hydrogens (tertiary/aromatic N) is 1. The maximum Gasteiger partial charge on any atom is 0.223 e. The Morgan fingerprint density at radius 3 is 2.52 bits per heavy atom. The minimum atomic E-state index is 0.120. The van der Waals surface area contributed by atoms with Crippen LogP contribution in [0.25, 0.3) is 11.1 Å². The van der Waals surface area contributed by atoms with Gasteiger partial charge in [-0.2, -0.15) is 0 Å². The fourth-order valence-electron chi connectivity index (χ4n) is 3.17. The third-order valence-corrected chi connectivity index (χ3v) is 4.53. The van der Waals surface area contributed by atoms with Gasteiger partial charge in [0.1, 0.15) is 0 Å². The number of amides is 1. The molecule has 23 heavy (non-hydrogen) atoms. The van der Waals surface area contributed by atoms with Gasteiger partial charge in [-0.3, -0.25) is 4.79 Å². The van der Waals surface area contributed by atoms with Gasteiger partial charge in [0.25, 0.3) is 0 Å². The number of benzene rings is 2. The number of aryl methyl sites for hydroxylation is 1. The molecule has 1 unspecified atom stereocenters. The highest BCUT2D eigenvalue weighted by molar-refractivity contribution is 5.94. The van der Waals surface area contributed by atoms with E-state index in [2.05, 4.69) is 42.5 Å². The molecule has 1 heterocycles. The highest BCUT2D eigenvalue weighted by atomic mass is 16.2.